The number of rotatable bonds is 10. The van der Waals surface area contributed by atoms with Gasteiger partial charge in [0.15, 0.2) is 0 Å². The third-order valence-electron chi connectivity index (χ3n) is 6.62. The average molecular weight is 484 g/mol. The first-order valence-corrected chi connectivity index (χ1v) is 12.4. The lowest BCUT2D eigenvalue weighted by Crippen LogP contribution is -2.49. The molecular formula is C30H33N3O3. The topological polar surface area (TPSA) is 65.8 Å². The highest BCUT2D eigenvalue weighted by molar-refractivity contribution is 5.76. The highest BCUT2D eigenvalue weighted by Gasteiger charge is 2.24. The molecule has 1 atom stereocenters. The van der Waals surface area contributed by atoms with Crippen LogP contribution in [-0.4, -0.2) is 55.5 Å². The average Bonchev–Trinajstić information content (AvgIpc) is 2.95. The fraction of sp³-hybridized carbons (Fsp3) is 0.333. The molecule has 1 aliphatic rings. The minimum atomic E-state index is -0.143. The van der Waals surface area contributed by atoms with Crippen molar-refractivity contribution < 1.29 is 14.3 Å². The Morgan fingerprint density at radius 3 is 2.39 bits per heavy atom. The van der Waals surface area contributed by atoms with E-state index in [0.717, 1.165) is 56.0 Å². The van der Waals surface area contributed by atoms with E-state index in [0.29, 0.717) is 18.6 Å². The zero-order chi connectivity index (χ0) is 25.2. The van der Waals surface area contributed by atoms with Crippen molar-refractivity contribution in [2.45, 2.75) is 25.6 Å². The molecule has 1 fully saturated rings. The maximum absolute atomic E-state index is 12.7. The SMILES string of the molecule is COc1cccc(C(CN2CCN(C(=O)CCc3ccccc3)CC2)OCc2ccc(C#N)cc2)c1. The van der Waals surface area contributed by atoms with Crippen molar-refractivity contribution in [3.8, 4) is 11.8 Å². The van der Waals surface area contributed by atoms with Crippen LogP contribution in [0.4, 0.5) is 0 Å². The van der Waals surface area contributed by atoms with Crippen molar-refractivity contribution in [2.24, 2.45) is 0 Å². The van der Waals surface area contributed by atoms with Gasteiger partial charge in [-0.15, -0.1) is 0 Å². The number of hydrogen-bond acceptors (Lipinski definition) is 5. The van der Waals surface area contributed by atoms with E-state index < -0.39 is 0 Å². The van der Waals surface area contributed by atoms with Crippen LogP contribution >= 0.6 is 0 Å². The van der Waals surface area contributed by atoms with E-state index in [1.807, 2.05) is 65.6 Å². The minimum absolute atomic E-state index is 0.143. The van der Waals surface area contributed by atoms with Gasteiger partial charge in [-0.2, -0.15) is 5.26 Å². The Labute approximate surface area is 213 Å². The van der Waals surface area contributed by atoms with Gasteiger partial charge in [-0.05, 0) is 47.4 Å². The molecule has 0 aliphatic carbocycles. The molecule has 1 saturated heterocycles. The standard InChI is InChI=1S/C30H33N3O3/c1-35-28-9-5-8-27(20-28)29(36-23-26-12-10-25(21-31)11-13-26)22-32-16-18-33(19-17-32)30(34)15-14-24-6-3-2-4-7-24/h2-13,20,29H,14-19,22-23H2,1H3. The molecule has 4 rings (SSSR count). The van der Waals surface area contributed by atoms with Crippen LogP contribution in [0.3, 0.4) is 0 Å². The second-order valence-electron chi connectivity index (χ2n) is 9.05. The lowest BCUT2D eigenvalue weighted by atomic mass is 10.1. The predicted octanol–water partition coefficient (Wildman–Crippen LogP) is 4.60. The summed E-state index contributed by atoms with van der Waals surface area (Å²) >= 11 is 0. The molecular weight excluding hydrogens is 450 g/mol. The molecule has 3 aromatic rings. The molecule has 36 heavy (non-hydrogen) atoms. The van der Waals surface area contributed by atoms with Gasteiger partial charge in [-0.3, -0.25) is 9.69 Å². The van der Waals surface area contributed by atoms with Crippen molar-refractivity contribution >= 4 is 5.91 Å². The van der Waals surface area contributed by atoms with Gasteiger partial charge in [0.05, 0.1) is 31.5 Å². The van der Waals surface area contributed by atoms with Crippen LogP contribution in [0.1, 0.15) is 34.8 Å². The predicted molar refractivity (Wildman–Crippen MR) is 139 cm³/mol. The molecule has 3 aromatic carbocycles. The molecule has 0 saturated carbocycles. The number of benzene rings is 3. The molecule has 0 spiro atoms. The molecule has 6 nitrogen and oxygen atoms in total. The van der Waals surface area contributed by atoms with Gasteiger partial charge in [-0.1, -0.05) is 54.6 Å². The van der Waals surface area contributed by atoms with E-state index in [1.165, 1.54) is 5.56 Å². The number of methoxy groups -OCH3 is 1. The van der Waals surface area contributed by atoms with Crippen molar-refractivity contribution in [1.82, 2.24) is 9.80 Å². The second-order valence-corrected chi connectivity index (χ2v) is 9.05. The smallest absolute Gasteiger partial charge is 0.222 e. The van der Waals surface area contributed by atoms with Gasteiger partial charge < -0.3 is 14.4 Å². The number of nitriles is 1. The zero-order valence-electron chi connectivity index (χ0n) is 20.8. The second kappa shape index (κ2) is 12.9. The van der Waals surface area contributed by atoms with Gasteiger partial charge in [-0.25, -0.2) is 0 Å². The number of nitrogens with zero attached hydrogens (tertiary/aromatic N) is 3. The summed E-state index contributed by atoms with van der Waals surface area (Å²) < 4.78 is 11.8. The molecule has 0 bridgehead atoms. The molecule has 0 aromatic heterocycles. The van der Waals surface area contributed by atoms with E-state index in [1.54, 1.807) is 7.11 Å². The monoisotopic (exact) mass is 483 g/mol. The van der Waals surface area contributed by atoms with Gasteiger partial charge in [0, 0.05) is 39.1 Å². The summed E-state index contributed by atoms with van der Waals surface area (Å²) in [5.41, 5.74) is 3.92. The van der Waals surface area contributed by atoms with Crippen LogP contribution in [0.2, 0.25) is 0 Å². The van der Waals surface area contributed by atoms with Gasteiger partial charge in [0.1, 0.15) is 5.75 Å². The van der Waals surface area contributed by atoms with Crippen LogP contribution in [-0.2, 0) is 22.6 Å². The van der Waals surface area contributed by atoms with Crippen LogP contribution in [0.15, 0.2) is 78.9 Å². The highest BCUT2D eigenvalue weighted by Crippen LogP contribution is 2.25. The van der Waals surface area contributed by atoms with Gasteiger partial charge in [0.2, 0.25) is 5.91 Å². The first-order valence-electron chi connectivity index (χ1n) is 12.4. The fourth-order valence-corrected chi connectivity index (χ4v) is 4.44. The maximum atomic E-state index is 12.7. The van der Waals surface area contributed by atoms with Crippen molar-refractivity contribution in [1.29, 1.82) is 5.26 Å². The minimum Gasteiger partial charge on any atom is -0.497 e. The number of piperazine rings is 1. The third-order valence-corrected chi connectivity index (χ3v) is 6.62. The summed E-state index contributed by atoms with van der Waals surface area (Å²) in [4.78, 5) is 17.1. The van der Waals surface area contributed by atoms with Crippen LogP contribution in [0.5, 0.6) is 5.75 Å². The molecule has 6 heteroatoms. The molecule has 0 N–H and O–H groups in total. The molecule has 1 unspecified atom stereocenters. The molecule has 186 valence electrons. The van der Waals surface area contributed by atoms with E-state index in [9.17, 15) is 4.79 Å². The van der Waals surface area contributed by atoms with E-state index in [2.05, 4.69) is 29.2 Å². The molecule has 1 heterocycles. The van der Waals surface area contributed by atoms with Crippen molar-refractivity contribution in [2.75, 3.05) is 39.8 Å². The number of hydrogen-bond donors (Lipinski definition) is 0. The molecule has 1 aliphatic heterocycles. The summed E-state index contributed by atoms with van der Waals surface area (Å²) in [6, 6.07) is 27.8. The Morgan fingerprint density at radius 1 is 0.944 bits per heavy atom. The Hall–Kier alpha value is -3.66. The maximum Gasteiger partial charge on any atom is 0.222 e. The number of aryl methyl sites for hydroxylation is 1. The van der Waals surface area contributed by atoms with Crippen LogP contribution in [0.25, 0.3) is 0 Å². The zero-order valence-corrected chi connectivity index (χ0v) is 20.8. The molecule has 1 amide bonds. The van der Waals surface area contributed by atoms with Crippen LogP contribution < -0.4 is 4.74 Å². The van der Waals surface area contributed by atoms with E-state index in [-0.39, 0.29) is 12.0 Å². The lowest BCUT2D eigenvalue weighted by Gasteiger charge is -2.36. The Morgan fingerprint density at radius 2 is 1.69 bits per heavy atom. The first kappa shape index (κ1) is 25.4. The van der Waals surface area contributed by atoms with E-state index >= 15 is 0 Å². The van der Waals surface area contributed by atoms with E-state index in [4.69, 9.17) is 14.7 Å². The largest absolute Gasteiger partial charge is 0.497 e. The highest BCUT2D eigenvalue weighted by atomic mass is 16.5. The fourth-order valence-electron chi connectivity index (χ4n) is 4.44. The summed E-state index contributed by atoms with van der Waals surface area (Å²) in [5.74, 6) is 1.02. The number of carbonyl (C=O) groups excluding carboxylic acids is 1. The lowest BCUT2D eigenvalue weighted by molar-refractivity contribution is -0.133. The van der Waals surface area contributed by atoms with Crippen molar-refractivity contribution in [3.05, 3.63) is 101 Å². The third kappa shape index (κ3) is 7.17. The number of ether oxygens (including phenoxy) is 2. The van der Waals surface area contributed by atoms with Gasteiger partial charge in [0.25, 0.3) is 0 Å². The summed E-state index contributed by atoms with van der Waals surface area (Å²) in [6.07, 6.45) is 1.18. The Bertz CT molecular complexity index is 1150. The summed E-state index contributed by atoms with van der Waals surface area (Å²) in [5, 5.41) is 9.04. The first-order chi connectivity index (χ1) is 17.6. The van der Waals surface area contributed by atoms with Crippen molar-refractivity contribution in [3.63, 3.8) is 0 Å². The number of carbonyl (C=O) groups is 1. The Kier molecular flexibility index (Phi) is 9.09. The summed E-state index contributed by atoms with van der Waals surface area (Å²) in [7, 11) is 1.67. The van der Waals surface area contributed by atoms with Crippen LogP contribution in [0, 0.1) is 11.3 Å². The quantitative estimate of drug-likeness (QED) is 0.422. The number of amides is 1. The van der Waals surface area contributed by atoms with Gasteiger partial charge >= 0.3 is 0 Å². The Balaban J connectivity index is 1.34. The molecule has 0 radical (unpaired) electrons. The normalized spacial score (nSPS) is 14.7. The summed E-state index contributed by atoms with van der Waals surface area (Å²) in [6.45, 7) is 4.28.